The molecule has 2 saturated heterocycles. The van der Waals surface area contributed by atoms with Crippen LogP contribution in [-0.4, -0.2) is 67.9 Å². The summed E-state index contributed by atoms with van der Waals surface area (Å²) in [5, 5.41) is 3.47. The van der Waals surface area contributed by atoms with Gasteiger partial charge >= 0.3 is 0 Å². The second-order valence-corrected chi connectivity index (χ2v) is 8.48. The molecule has 0 saturated carbocycles. The molecule has 0 amide bonds. The Morgan fingerprint density at radius 1 is 1.16 bits per heavy atom. The number of aliphatic imine (C=N–C) groups is 1. The maximum Gasteiger partial charge on any atom is 0.194 e. The van der Waals surface area contributed by atoms with Gasteiger partial charge in [-0.2, -0.15) is 0 Å². The molecular formula is C25H35N5O2. The van der Waals surface area contributed by atoms with Gasteiger partial charge in [0, 0.05) is 32.4 Å². The zero-order chi connectivity index (χ0) is 22.3. The third-order valence-corrected chi connectivity index (χ3v) is 6.02. The molecule has 2 aliphatic rings. The fourth-order valence-corrected chi connectivity index (χ4v) is 4.33. The van der Waals surface area contributed by atoms with Gasteiger partial charge in [0.2, 0.25) is 0 Å². The summed E-state index contributed by atoms with van der Waals surface area (Å²) in [4.78, 5) is 14.2. The highest BCUT2D eigenvalue weighted by Gasteiger charge is 2.25. The van der Waals surface area contributed by atoms with E-state index in [9.17, 15) is 0 Å². The van der Waals surface area contributed by atoms with Crippen molar-refractivity contribution in [3.05, 3.63) is 59.3 Å². The minimum Gasteiger partial charge on any atom is -0.375 e. The van der Waals surface area contributed by atoms with E-state index in [1.165, 1.54) is 11.1 Å². The van der Waals surface area contributed by atoms with E-state index >= 15 is 0 Å². The number of nitrogens with one attached hydrogen (secondary N) is 1. The number of aryl methyl sites for hydroxylation is 1. The largest absolute Gasteiger partial charge is 0.375 e. The van der Waals surface area contributed by atoms with E-state index in [1.54, 1.807) is 0 Å². The molecular weight excluding hydrogens is 402 g/mol. The van der Waals surface area contributed by atoms with Crippen molar-refractivity contribution in [1.29, 1.82) is 0 Å². The number of guanidine groups is 1. The Morgan fingerprint density at radius 3 is 2.81 bits per heavy atom. The summed E-state index contributed by atoms with van der Waals surface area (Å²) < 4.78 is 11.8. The van der Waals surface area contributed by atoms with Crippen LogP contribution in [0.2, 0.25) is 0 Å². The average Bonchev–Trinajstić information content (AvgIpc) is 2.82. The Kier molecular flexibility index (Phi) is 7.60. The average molecular weight is 438 g/mol. The second kappa shape index (κ2) is 10.8. The first kappa shape index (κ1) is 22.6. The number of aromatic nitrogens is 1. The van der Waals surface area contributed by atoms with Crippen molar-refractivity contribution in [2.24, 2.45) is 4.99 Å². The van der Waals surface area contributed by atoms with Gasteiger partial charge in [-0.15, -0.1) is 0 Å². The van der Waals surface area contributed by atoms with Gasteiger partial charge in [-0.3, -0.25) is 0 Å². The Balaban J connectivity index is 1.46. The van der Waals surface area contributed by atoms with Crippen LogP contribution in [0.4, 0.5) is 5.82 Å². The number of morpholine rings is 2. The number of rotatable bonds is 5. The van der Waals surface area contributed by atoms with E-state index < -0.39 is 0 Å². The minimum atomic E-state index is 0.0599. The van der Waals surface area contributed by atoms with Crippen LogP contribution < -0.4 is 10.2 Å². The van der Waals surface area contributed by atoms with Gasteiger partial charge in [-0.25, -0.2) is 9.98 Å². The summed E-state index contributed by atoms with van der Waals surface area (Å²) in [6.07, 6.45) is 2.18. The monoisotopic (exact) mass is 437 g/mol. The number of anilines is 1. The van der Waals surface area contributed by atoms with Crippen LogP contribution in [0.1, 0.15) is 36.6 Å². The Hall–Kier alpha value is -2.64. The SMILES string of the molecule is CCNC(=NCc1ccnc(N2CCOC(C)C2)c1)N1CCOC(c2ccccc2C)C1. The summed E-state index contributed by atoms with van der Waals surface area (Å²) in [6.45, 7) is 12.6. The molecule has 7 heteroatoms. The first-order chi connectivity index (χ1) is 15.6. The smallest absolute Gasteiger partial charge is 0.194 e. The van der Waals surface area contributed by atoms with Crippen LogP contribution in [0.15, 0.2) is 47.6 Å². The summed E-state index contributed by atoms with van der Waals surface area (Å²) >= 11 is 0. The van der Waals surface area contributed by atoms with Gasteiger partial charge in [0.15, 0.2) is 5.96 Å². The molecule has 172 valence electrons. The first-order valence-corrected chi connectivity index (χ1v) is 11.7. The maximum absolute atomic E-state index is 6.11. The van der Waals surface area contributed by atoms with E-state index in [0.29, 0.717) is 13.2 Å². The highest BCUT2D eigenvalue weighted by Crippen LogP contribution is 2.25. The lowest BCUT2D eigenvalue weighted by Crippen LogP contribution is -2.48. The lowest BCUT2D eigenvalue weighted by atomic mass is 10.0. The molecule has 1 aromatic carbocycles. The third kappa shape index (κ3) is 5.58. The molecule has 2 aromatic rings. The molecule has 2 fully saturated rings. The molecule has 1 N–H and O–H groups in total. The lowest BCUT2D eigenvalue weighted by Gasteiger charge is -2.36. The van der Waals surface area contributed by atoms with E-state index in [4.69, 9.17) is 14.5 Å². The van der Waals surface area contributed by atoms with Crippen LogP contribution in [0, 0.1) is 6.92 Å². The highest BCUT2D eigenvalue weighted by atomic mass is 16.5. The van der Waals surface area contributed by atoms with Crippen LogP contribution in [0.5, 0.6) is 0 Å². The van der Waals surface area contributed by atoms with Crippen LogP contribution >= 0.6 is 0 Å². The minimum absolute atomic E-state index is 0.0599. The van der Waals surface area contributed by atoms with Crippen molar-refractivity contribution in [2.45, 2.75) is 39.5 Å². The van der Waals surface area contributed by atoms with Crippen molar-refractivity contribution in [3.8, 4) is 0 Å². The van der Waals surface area contributed by atoms with E-state index in [0.717, 1.165) is 56.7 Å². The molecule has 2 unspecified atom stereocenters. The van der Waals surface area contributed by atoms with Crippen molar-refractivity contribution in [1.82, 2.24) is 15.2 Å². The fourth-order valence-electron chi connectivity index (χ4n) is 4.33. The van der Waals surface area contributed by atoms with Crippen molar-refractivity contribution < 1.29 is 9.47 Å². The van der Waals surface area contributed by atoms with Gasteiger partial charge in [-0.05, 0) is 49.6 Å². The molecule has 2 aliphatic heterocycles. The number of benzene rings is 1. The summed E-state index contributed by atoms with van der Waals surface area (Å²) in [6, 6.07) is 12.7. The number of hydrogen-bond donors (Lipinski definition) is 1. The van der Waals surface area contributed by atoms with Crippen LogP contribution in [-0.2, 0) is 16.0 Å². The molecule has 0 aliphatic carbocycles. The Bertz CT molecular complexity index is 919. The van der Waals surface area contributed by atoms with Crippen molar-refractivity contribution in [3.63, 3.8) is 0 Å². The van der Waals surface area contributed by atoms with Gasteiger partial charge in [0.05, 0.1) is 32.4 Å². The van der Waals surface area contributed by atoms with E-state index in [2.05, 4.69) is 77.3 Å². The number of hydrogen-bond acceptors (Lipinski definition) is 5. The number of ether oxygens (including phenoxy) is 2. The molecule has 4 rings (SSSR count). The fraction of sp³-hybridized carbons (Fsp3) is 0.520. The van der Waals surface area contributed by atoms with Crippen molar-refractivity contribution in [2.75, 3.05) is 50.8 Å². The second-order valence-electron chi connectivity index (χ2n) is 8.48. The summed E-state index contributed by atoms with van der Waals surface area (Å²) in [7, 11) is 0. The van der Waals surface area contributed by atoms with E-state index in [-0.39, 0.29) is 12.2 Å². The quantitative estimate of drug-likeness (QED) is 0.573. The zero-order valence-electron chi connectivity index (χ0n) is 19.5. The molecule has 2 atom stereocenters. The van der Waals surface area contributed by atoms with Crippen LogP contribution in [0.25, 0.3) is 0 Å². The normalized spacial score (nSPS) is 22.2. The molecule has 1 aromatic heterocycles. The molecule has 0 radical (unpaired) electrons. The standard InChI is InChI=1S/C25H35N5O2/c1-4-26-25(30-12-14-32-23(18-30)22-8-6-5-7-19(22)2)28-16-21-9-10-27-24(15-21)29-11-13-31-20(3)17-29/h5-10,15,20,23H,4,11-14,16-18H2,1-3H3,(H,26,28). The molecule has 32 heavy (non-hydrogen) atoms. The zero-order valence-corrected chi connectivity index (χ0v) is 19.5. The van der Waals surface area contributed by atoms with Gasteiger partial charge in [0.25, 0.3) is 0 Å². The Morgan fingerprint density at radius 2 is 2.00 bits per heavy atom. The Labute approximate surface area is 191 Å². The van der Waals surface area contributed by atoms with Crippen LogP contribution in [0.3, 0.4) is 0 Å². The molecule has 3 heterocycles. The summed E-state index contributed by atoms with van der Waals surface area (Å²) in [5.41, 5.74) is 3.68. The van der Waals surface area contributed by atoms with E-state index in [1.807, 2.05) is 6.20 Å². The topological polar surface area (TPSA) is 62.2 Å². The van der Waals surface area contributed by atoms with Gasteiger partial charge in [0.1, 0.15) is 11.9 Å². The maximum atomic E-state index is 6.11. The van der Waals surface area contributed by atoms with Gasteiger partial charge < -0.3 is 24.6 Å². The third-order valence-electron chi connectivity index (χ3n) is 6.02. The first-order valence-electron chi connectivity index (χ1n) is 11.7. The summed E-state index contributed by atoms with van der Waals surface area (Å²) in [5.74, 6) is 1.94. The number of pyridine rings is 1. The predicted molar refractivity (Wildman–Crippen MR) is 128 cm³/mol. The molecule has 0 spiro atoms. The predicted octanol–water partition coefficient (Wildman–Crippen LogP) is 3.15. The lowest BCUT2D eigenvalue weighted by molar-refractivity contribution is -0.00834. The van der Waals surface area contributed by atoms with Crippen molar-refractivity contribution >= 4 is 11.8 Å². The van der Waals surface area contributed by atoms with Gasteiger partial charge in [-0.1, -0.05) is 24.3 Å². The molecule has 7 nitrogen and oxygen atoms in total. The number of nitrogens with zero attached hydrogens (tertiary/aromatic N) is 4. The molecule has 0 bridgehead atoms. The highest BCUT2D eigenvalue weighted by molar-refractivity contribution is 5.80.